The third kappa shape index (κ3) is 2.92. The van der Waals surface area contributed by atoms with Gasteiger partial charge in [-0.1, -0.05) is 6.08 Å². The van der Waals surface area contributed by atoms with Crippen molar-refractivity contribution in [3.63, 3.8) is 0 Å². The normalized spacial score (nSPS) is 15.7. The Bertz CT molecular complexity index is 594. The van der Waals surface area contributed by atoms with Crippen LogP contribution in [-0.2, 0) is 0 Å². The molecule has 1 aromatic rings. The van der Waals surface area contributed by atoms with E-state index >= 15 is 0 Å². The molecule has 0 unspecified atom stereocenters. The van der Waals surface area contributed by atoms with Crippen molar-refractivity contribution in [2.75, 3.05) is 5.43 Å². The van der Waals surface area contributed by atoms with Crippen molar-refractivity contribution in [1.29, 1.82) is 0 Å². The summed E-state index contributed by atoms with van der Waals surface area (Å²) in [6.07, 6.45) is 5.44. The van der Waals surface area contributed by atoms with Gasteiger partial charge in [-0.2, -0.15) is 5.10 Å². The molecule has 0 heterocycles. The summed E-state index contributed by atoms with van der Waals surface area (Å²) >= 11 is 0. The van der Waals surface area contributed by atoms with E-state index in [1.165, 1.54) is 12.1 Å². The summed E-state index contributed by atoms with van der Waals surface area (Å²) in [5.41, 5.74) is 2.79. The predicted molar refractivity (Wildman–Crippen MR) is 69.2 cm³/mol. The monoisotopic (exact) mass is 262 g/mol. The molecule has 8 nitrogen and oxygen atoms in total. The zero-order chi connectivity index (χ0) is 13.8. The van der Waals surface area contributed by atoms with Gasteiger partial charge in [0.25, 0.3) is 5.69 Å². The highest BCUT2D eigenvalue weighted by molar-refractivity contribution is 5.97. The van der Waals surface area contributed by atoms with Gasteiger partial charge in [-0.25, -0.2) is 0 Å². The smallest absolute Gasteiger partial charge is 0.271 e. The Hall–Kier alpha value is -2.77. The molecule has 0 aromatic heterocycles. The predicted octanol–water partition coefficient (Wildman–Crippen LogP) is 2.62. The van der Waals surface area contributed by atoms with E-state index in [0.29, 0.717) is 0 Å². The number of hydrogen-bond donors (Lipinski definition) is 1. The molecule has 19 heavy (non-hydrogen) atoms. The summed E-state index contributed by atoms with van der Waals surface area (Å²) in [5.74, 6) is 0. The minimum atomic E-state index is -0.681. The SMILES string of the molecule is O=[N+]([O-])c1ccc(N/N=C2/C=CCC2)c([N+](=O)[O-])c1. The van der Waals surface area contributed by atoms with Gasteiger partial charge in [-0.15, -0.1) is 0 Å². The highest BCUT2D eigenvalue weighted by atomic mass is 16.6. The number of non-ortho nitro benzene ring substituents is 1. The van der Waals surface area contributed by atoms with Crippen molar-refractivity contribution in [3.8, 4) is 0 Å². The summed E-state index contributed by atoms with van der Waals surface area (Å²) in [7, 11) is 0. The number of hydrogen-bond acceptors (Lipinski definition) is 6. The highest BCUT2D eigenvalue weighted by Crippen LogP contribution is 2.29. The molecular formula is C11H10N4O4. The molecule has 0 fully saturated rings. The Balaban J connectivity index is 2.29. The van der Waals surface area contributed by atoms with E-state index < -0.39 is 9.85 Å². The fraction of sp³-hybridized carbons (Fsp3) is 0.182. The maximum atomic E-state index is 10.9. The van der Waals surface area contributed by atoms with Gasteiger partial charge in [-0.3, -0.25) is 25.7 Å². The molecule has 1 aliphatic rings. The fourth-order valence-electron chi connectivity index (χ4n) is 1.64. The van der Waals surface area contributed by atoms with Crippen LogP contribution >= 0.6 is 0 Å². The van der Waals surface area contributed by atoms with E-state index in [0.717, 1.165) is 24.6 Å². The van der Waals surface area contributed by atoms with Crippen LogP contribution in [0.25, 0.3) is 0 Å². The van der Waals surface area contributed by atoms with Crippen LogP contribution < -0.4 is 5.43 Å². The van der Waals surface area contributed by atoms with Crippen LogP contribution in [0.5, 0.6) is 0 Å². The topological polar surface area (TPSA) is 111 Å². The molecule has 0 radical (unpaired) electrons. The van der Waals surface area contributed by atoms with Crippen LogP contribution in [0.15, 0.2) is 35.5 Å². The van der Waals surface area contributed by atoms with Crippen LogP contribution in [0, 0.1) is 20.2 Å². The number of allylic oxidation sites excluding steroid dienone is 2. The Kier molecular flexibility index (Phi) is 3.51. The van der Waals surface area contributed by atoms with Crippen molar-refractivity contribution in [2.24, 2.45) is 5.10 Å². The van der Waals surface area contributed by atoms with Crippen LogP contribution in [0.4, 0.5) is 17.1 Å². The van der Waals surface area contributed by atoms with E-state index in [1.54, 1.807) is 0 Å². The van der Waals surface area contributed by atoms with E-state index in [1.807, 2.05) is 12.2 Å². The zero-order valence-electron chi connectivity index (χ0n) is 9.78. The highest BCUT2D eigenvalue weighted by Gasteiger charge is 2.19. The summed E-state index contributed by atoms with van der Waals surface area (Å²) in [5, 5.41) is 25.5. The average molecular weight is 262 g/mol. The van der Waals surface area contributed by atoms with Gasteiger partial charge in [0, 0.05) is 6.07 Å². The number of benzene rings is 1. The lowest BCUT2D eigenvalue weighted by molar-refractivity contribution is -0.393. The molecule has 0 amide bonds. The third-order valence-corrected chi connectivity index (χ3v) is 2.59. The summed E-state index contributed by atoms with van der Waals surface area (Å²) in [4.78, 5) is 20.1. The number of nitrogens with one attached hydrogen (secondary N) is 1. The lowest BCUT2D eigenvalue weighted by Gasteiger charge is -2.02. The molecule has 0 aliphatic heterocycles. The van der Waals surface area contributed by atoms with Gasteiger partial charge >= 0.3 is 5.69 Å². The molecule has 0 bridgehead atoms. The molecule has 8 heteroatoms. The summed E-state index contributed by atoms with van der Waals surface area (Å²) in [6, 6.07) is 3.38. The number of nitrogens with zero attached hydrogens (tertiary/aromatic N) is 3. The molecule has 0 saturated carbocycles. The first-order valence-electron chi connectivity index (χ1n) is 5.50. The Labute approximate surface area is 107 Å². The Morgan fingerprint density at radius 3 is 2.58 bits per heavy atom. The maximum absolute atomic E-state index is 10.9. The fourth-order valence-corrected chi connectivity index (χ4v) is 1.64. The number of hydrazone groups is 1. The molecule has 0 atom stereocenters. The van der Waals surface area contributed by atoms with Crippen molar-refractivity contribution < 1.29 is 9.85 Å². The molecule has 0 saturated heterocycles. The summed E-state index contributed by atoms with van der Waals surface area (Å²) < 4.78 is 0. The van der Waals surface area contributed by atoms with Crippen molar-refractivity contribution in [2.45, 2.75) is 12.8 Å². The van der Waals surface area contributed by atoms with E-state index in [4.69, 9.17) is 0 Å². The largest absolute Gasteiger partial charge is 0.301 e. The van der Waals surface area contributed by atoms with Gasteiger partial charge in [0.1, 0.15) is 5.69 Å². The third-order valence-electron chi connectivity index (χ3n) is 2.59. The van der Waals surface area contributed by atoms with Crippen LogP contribution in [0.3, 0.4) is 0 Å². The second-order valence-corrected chi connectivity index (χ2v) is 3.87. The Morgan fingerprint density at radius 1 is 1.21 bits per heavy atom. The number of anilines is 1. The molecule has 1 aliphatic carbocycles. The van der Waals surface area contributed by atoms with E-state index in [9.17, 15) is 20.2 Å². The van der Waals surface area contributed by atoms with Gasteiger partial charge in [-0.05, 0) is 25.0 Å². The molecule has 1 aromatic carbocycles. The van der Waals surface area contributed by atoms with Gasteiger partial charge in [0.15, 0.2) is 0 Å². The van der Waals surface area contributed by atoms with Crippen molar-refractivity contribution >= 4 is 22.8 Å². The minimum Gasteiger partial charge on any atom is -0.271 e. The van der Waals surface area contributed by atoms with E-state index in [-0.39, 0.29) is 17.1 Å². The first kappa shape index (κ1) is 12.7. The second kappa shape index (κ2) is 5.25. The maximum Gasteiger partial charge on any atom is 0.301 e. The van der Waals surface area contributed by atoms with E-state index in [2.05, 4.69) is 10.5 Å². The Morgan fingerprint density at radius 2 is 2.00 bits per heavy atom. The molecular weight excluding hydrogens is 252 g/mol. The van der Waals surface area contributed by atoms with Crippen LogP contribution in [0.2, 0.25) is 0 Å². The standard InChI is InChI=1S/C11H10N4O4/c16-14(17)9-5-6-10(11(7-9)15(18)19)13-12-8-3-1-2-4-8/h1,3,5-7,13H,2,4H2/b12-8-. The van der Waals surface area contributed by atoms with Gasteiger partial charge in [0.2, 0.25) is 0 Å². The molecule has 0 spiro atoms. The van der Waals surface area contributed by atoms with Gasteiger partial charge in [0.05, 0.1) is 21.6 Å². The lowest BCUT2D eigenvalue weighted by Crippen LogP contribution is -2.00. The number of nitro benzene ring substituents is 2. The number of rotatable bonds is 4. The van der Waals surface area contributed by atoms with Crippen LogP contribution in [0.1, 0.15) is 12.8 Å². The minimum absolute atomic E-state index is 0.128. The quantitative estimate of drug-likeness (QED) is 0.662. The van der Waals surface area contributed by atoms with Crippen molar-refractivity contribution in [3.05, 3.63) is 50.6 Å². The first-order chi connectivity index (χ1) is 9.08. The second-order valence-electron chi connectivity index (χ2n) is 3.87. The van der Waals surface area contributed by atoms with Crippen LogP contribution in [-0.4, -0.2) is 15.6 Å². The molecule has 1 N–H and O–H groups in total. The summed E-state index contributed by atoms with van der Waals surface area (Å²) in [6.45, 7) is 0. The van der Waals surface area contributed by atoms with Crippen molar-refractivity contribution in [1.82, 2.24) is 0 Å². The van der Waals surface area contributed by atoms with Gasteiger partial charge < -0.3 is 0 Å². The number of nitro groups is 2. The molecule has 2 rings (SSSR count). The zero-order valence-corrected chi connectivity index (χ0v) is 9.78. The molecule has 98 valence electrons. The average Bonchev–Trinajstić information content (AvgIpc) is 2.89. The first-order valence-corrected chi connectivity index (χ1v) is 5.50. The lowest BCUT2D eigenvalue weighted by atomic mass is 10.2.